The summed E-state index contributed by atoms with van der Waals surface area (Å²) in [6, 6.07) is 7.51. The van der Waals surface area contributed by atoms with E-state index in [9.17, 15) is 5.11 Å². The highest BCUT2D eigenvalue weighted by Crippen LogP contribution is 2.29. The topological polar surface area (TPSA) is 47.3 Å². The second kappa shape index (κ2) is 4.32. The van der Waals surface area contributed by atoms with Gasteiger partial charge in [0.2, 0.25) is 0 Å². The number of halogens is 1. The van der Waals surface area contributed by atoms with Crippen LogP contribution < -0.4 is 4.90 Å². The summed E-state index contributed by atoms with van der Waals surface area (Å²) < 4.78 is 0. The summed E-state index contributed by atoms with van der Waals surface area (Å²) in [7, 11) is 0. The zero-order chi connectivity index (χ0) is 11.7. The Kier molecular flexibility index (Phi) is 3.04. The van der Waals surface area contributed by atoms with Crippen molar-refractivity contribution in [1.29, 1.82) is 5.26 Å². The molecule has 0 bridgehead atoms. The van der Waals surface area contributed by atoms with Crippen LogP contribution >= 0.6 is 11.6 Å². The minimum Gasteiger partial charge on any atom is -0.391 e. The van der Waals surface area contributed by atoms with Gasteiger partial charge < -0.3 is 10.0 Å². The van der Waals surface area contributed by atoms with Gasteiger partial charge in [-0.05, 0) is 31.5 Å². The summed E-state index contributed by atoms with van der Waals surface area (Å²) in [5, 5.41) is 18.9. The van der Waals surface area contributed by atoms with Gasteiger partial charge in [-0.1, -0.05) is 11.6 Å². The number of benzene rings is 1. The molecule has 0 radical (unpaired) electrons. The average Bonchev–Trinajstić information content (AvgIpc) is 2.60. The summed E-state index contributed by atoms with van der Waals surface area (Å²) in [6.07, 6.45) is 0.494. The maximum Gasteiger partial charge on any atom is 0.101 e. The number of aliphatic hydroxyl groups is 1. The number of rotatable bonds is 1. The largest absolute Gasteiger partial charge is 0.391 e. The first-order valence-corrected chi connectivity index (χ1v) is 5.65. The summed E-state index contributed by atoms with van der Waals surface area (Å²) >= 11 is 5.98. The fraction of sp³-hybridized carbons (Fsp3) is 0.417. The van der Waals surface area contributed by atoms with Crippen molar-refractivity contribution in [3.05, 3.63) is 28.8 Å². The molecule has 3 nitrogen and oxygen atoms in total. The van der Waals surface area contributed by atoms with Gasteiger partial charge in [0.25, 0.3) is 0 Å². The van der Waals surface area contributed by atoms with Crippen LogP contribution in [0.3, 0.4) is 0 Å². The number of anilines is 1. The molecule has 0 aliphatic carbocycles. The molecule has 0 aromatic heterocycles. The number of aliphatic hydroxyl groups excluding tert-OH is 1. The van der Waals surface area contributed by atoms with E-state index in [0.29, 0.717) is 10.6 Å². The highest BCUT2D eigenvalue weighted by atomic mass is 35.5. The third-order valence-electron chi connectivity index (χ3n) is 3.12. The Labute approximate surface area is 99.9 Å². The average molecular weight is 237 g/mol. The fourth-order valence-corrected chi connectivity index (χ4v) is 2.28. The predicted molar refractivity (Wildman–Crippen MR) is 63.6 cm³/mol. The van der Waals surface area contributed by atoms with E-state index < -0.39 is 0 Å². The third-order valence-corrected chi connectivity index (χ3v) is 3.43. The highest BCUT2D eigenvalue weighted by molar-refractivity contribution is 6.32. The molecule has 0 amide bonds. The van der Waals surface area contributed by atoms with E-state index in [4.69, 9.17) is 16.9 Å². The summed E-state index contributed by atoms with van der Waals surface area (Å²) in [4.78, 5) is 2.11. The van der Waals surface area contributed by atoms with Crippen molar-refractivity contribution in [1.82, 2.24) is 0 Å². The monoisotopic (exact) mass is 236 g/mol. The Morgan fingerprint density at radius 2 is 2.31 bits per heavy atom. The molecule has 16 heavy (non-hydrogen) atoms. The van der Waals surface area contributed by atoms with Gasteiger partial charge >= 0.3 is 0 Å². The van der Waals surface area contributed by atoms with Crippen LogP contribution in [0.1, 0.15) is 18.9 Å². The Bertz CT molecular complexity index is 441. The van der Waals surface area contributed by atoms with Crippen LogP contribution in [0.5, 0.6) is 0 Å². The van der Waals surface area contributed by atoms with Gasteiger partial charge in [-0.25, -0.2) is 0 Å². The van der Waals surface area contributed by atoms with Crippen LogP contribution in [0.4, 0.5) is 5.69 Å². The first-order valence-electron chi connectivity index (χ1n) is 5.28. The number of nitriles is 1. The lowest BCUT2D eigenvalue weighted by atomic mass is 10.1. The molecule has 0 saturated carbocycles. The summed E-state index contributed by atoms with van der Waals surface area (Å²) in [5.41, 5.74) is 1.45. The zero-order valence-electron chi connectivity index (χ0n) is 9.02. The molecule has 1 aliphatic heterocycles. The fourth-order valence-electron chi connectivity index (χ4n) is 2.06. The van der Waals surface area contributed by atoms with Crippen LogP contribution in [0.15, 0.2) is 18.2 Å². The lowest BCUT2D eigenvalue weighted by Gasteiger charge is -2.25. The van der Waals surface area contributed by atoms with E-state index in [1.807, 2.05) is 19.1 Å². The summed E-state index contributed by atoms with van der Waals surface area (Å²) in [6.45, 7) is 2.81. The van der Waals surface area contributed by atoms with Crippen molar-refractivity contribution < 1.29 is 5.11 Å². The SMILES string of the molecule is CC1C(O)CCN1c1ccc(C#N)c(Cl)c1. The molecule has 1 aromatic rings. The lowest BCUT2D eigenvalue weighted by molar-refractivity contribution is 0.170. The van der Waals surface area contributed by atoms with E-state index in [1.54, 1.807) is 12.1 Å². The van der Waals surface area contributed by atoms with E-state index in [2.05, 4.69) is 4.90 Å². The third kappa shape index (κ3) is 1.87. The Balaban J connectivity index is 2.29. The molecule has 1 heterocycles. The van der Waals surface area contributed by atoms with Crippen molar-refractivity contribution >= 4 is 17.3 Å². The molecule has 1 saturated heterocycles. The maximum atomic E-state index is 9.67. The predicted octanol–water partition coefficient (Wildman–Crippen LogP) is 2.17. The second-order valence-electron chi connectivity index (χ2n) is 4.07. The van der Waals surface area contributed by atoms with Gasteiger partial charge in [-0.2, -0.15) is 5.26 Å². The standard InChI is InChI=1S/C12H13ClN2O/c1-8-12(16)4-5-15(8)10-3-2-9(7-14)11(13)6-10/h2-3,6,8,12,16H,4-5H2,1H3. The van der Waals surface area contributed by atoms with Crippen molar-refractivity contribution in [3.63, 3.8) is 0 Å². The Hall–Kier alpha value is -1.24. The van der Waals surface area contributed by atoms with Crippen molar-refractivity contribution in [2.45, 2.75) is 25.5 Å². The van der Waals surface area contributed by atoms with E-state index >= 15 is 0 Å². The van der Waals surface area contributed by atoms with Gasteiger partial charge in [-0.3, -0.25) is 0 Å². The molecule has 1 N–H and O–H groups in total. The molecule has 1 fully saturated rings. The molecular formula is C12H13ClN2O. The Morgan fingerprint density at radius 1 is 1.56 bits per heavy atom. The lowest BCUT2D eigenvalue weighted by Crippen LogP contribution is -2.32. The van der Waals surface area contributed by atoms with Crippen LogP contribution in [0.2, 0.25) is 5.02 Å². The minimum absolute atomic E-state index is 0.101. The second-order valence-corrected chi connectivity index (χ2v) is 4.47. The number of nitrogens with zero attached hydrogens (tertiary/aromatic N) is 2. The molecule has 2 rings (SSSR count). The van der Waals surface area contributed by atoms with Crippen molar-refractivity contribution in [2.24, 2.45) is 0 Å². The van der Waals surface area contributed by atoms with Crippen LogP contribution in [0, 0.1) is 11.3 Å². The first kappa shape index (κ1) is 11.3. The van der Waals surface area contributed by atoms with Gasteiger partial charge in [-0.15, -0.1) is 0 Å². The molecule has 84 valence electrons. The summed E-state index contributed by atoms with van der Waals surface area (Å²) in [5.74, 6) is 0. The smallest absolute Gasteiger partial charge is 0.101 e. The molecule has 4 heteroatoms. The van der Waals surface area contributed by atoms with Gasteiger partial charge in [0.1, 0.15) is 6.07 Å². The van der Waals surface area contributed by atoms with Crippen LogP contribution in [-0.4, -0.2) is 23.8 Å². The van der Waals surface area contributed by atoms with Crippen LogP contribution in [-0.2, 0) is 0 Å². The van der Waals surface area contributed by atoms with Crippen molar-refractivity contribution in [2.75, 3.05) is 11.4 Å². The normalized spacial score (nSPS) is 24.5. The number of hydrogen-bond donors (Lipinski definition) is 1. The zero-order valence-corrected chi connectivity index (χ0v) is 9.78. The quantitative estimate of drug-likeness (QED) is 0.813. The van der Waals surface area contributed by atoms with E-state index in [1.165, 1.54) is 0 Å². The minimum atomic E-state index is -0.283. The van der Waals surface area contributed by atoms with Crippen molar-refractivity contribution in [3.8, 4) is 6.07 Å². The molecule has 1 aliphatic rings. The van der Waals surface area contributed by atoms with Crippen LogP contribution in [0.25, 0.3) is 0 Å². The molecule has 0 spiro atoms. The van der Waals surface area contributed by atoms with Gasteiger partial charge in [0, 0.05) is 12.2 Å². The molecule has 1 aromatic carbocycles. The number of hydrogen-bond acceptors (Lipinski definition) is 3. The maximum absolute atomic E-state index is 9.67. The molecular weight excluding hydrogens is 224 g/mol. The molecule has 2 atom stereocenters. The first-order chi connectivity index (χ1) is 7.63. The molecule has 2 unspecified atom stereocenters. The van der Waals surface area contributed by atoms with Gasteiger partial charge in [0.05, 0.1) is 22.7 Å². The van der Waals surface area contributed by atoms with E-state index in [0.717, 1.165) is 18.7 Å². The van der Waals surface area contributed by atoms with E-state index in [-0.39, 0.29) is 12.1 Å². The van der Waals surface area contributed by atoms with Gasteiger partial charge in [0.15, 0.2) is 0 Å². The Morgan fingerprint density at radius 3 is 2.81 bits per heavy atom. The highest BCUT2D eigenvalue weighted by Gasteiger charge is 2.29.